The van der Waals surface area contributed by atoms with Gasteiger partial charge in [-0.2, -0.15) is 0 Å². The molecule has 0 aliphatic carbocycles. The largest absolute Gasteiger partial charge is 0.350 e. The molecule has 0 unspecified atom stereocenters. The van der Waals surface area contributed by atoms with Gasteiger partial charge in [-0.25, -0.2) is 0 Å². The van der Waals surface area contributed by atoms with Crippen LogP contribution in [0, 0.1) is 0 Å². The SMILES string of the molecule is NCCCC(=O)NCC(=O)NCc1ccccc1. The van der Waals surface area contributed by atoms with Crippen molar-refractivity contribution in [1.29, 1.82) is 0 Å². The molecule has 0 fully saturated rings. The predicted molar refractivity (Wildman–Crippen MR) is 69.6 cm³/mol. The van der Waals surface area contributed by atoms with Gasteiger partial charge in [0.05, 0.1) is 6.54 Å². The molecule has 0 radical (unpaired) electrons. The summed E-state index contributed by atoms with van der Waals surface area (Å²) in [6.07, 6.45) is 1.000. The number of carbonyl (C=O) groups excluding carboxylic acids is 2. The van der Waals surface area contributed by atoms with Gasteiger partial charge in [0, 0.05) is 13.0 Å². The van der Waals surface area contributed by atoms with Crippen molar-refractivity contribution in [2.24, 2.45) is 5.73 Å². The molecule has 5 nitrogen and oxygen atoms in total. The van der Waals surface area contributed by atoms with E-state index in [1.54, 1.807) is 0 Å². The third-order valence-electron chi connectivity index (χ3n) is 2.39. The zero-order chi connectivity index (χ0) is 13.2. The molecule has 4 N–H and O–H groups in total. The molecule has 2 amide bonds. The second kappa shape index (κ2) is 8.25. The number of benzene rings is 1. The van der Waals surface area contributed by atoms with Crippen LogP contribution in [0.5, 0.6) is 0 Å². The molecular weight excluding hydrogens is 230 g/mol. The van der Waals surface area contributed by atoms with Crippen LogP contribution in [0.2, 0.25) is 0 Å². The highest BCUT2D eigenvalue weighted by Crippen LogP contribution is 1.96. The average Bonchev–Trinajstić information content (AvgIpc) is 2.41. The normalized spacial score (nSPS) is 9.83. The zero-order valence-corrected chi connectivity index (χ0v) is 10.3. The molecule has 0 heterocycles. The average molecular weight is 249 g/mol. The maximum Gasteiger partial charge on any atom is 0.239 e. The minimum atomic E-state index is -0.194. The highest BCUT2D eigenvalue weighted by atomic mass is 16.2. The third kappa shape index (κ3) is 6.00. The lowest BCUT2D eigenvalue weighted by Gasteiger charge is -2.06. The molecule has 1 rings (SSSR count). The molecule has 0 saturated heterocycles. The number of nitrogens with one attached hydrogen (secondary N) is 2. The van der Waals surface area contributed by atoms with Crippen molar-refractivity contribution in [3.05, 3.63) is 35.9 Å². The standard InChI is InChI=1S/C13H19N3O2/c14-8-4-7-12(17)16-10-13(18)15-9-11-5-2-1-3-6-11/h1-3,5-6H,4,7-10,14H2,(H,15,18)(H,16,17). The molecule has 0 atom stereocenters. The lowest BCUT2D eigenvalue weighted by atomic mass is 10.2. The minimum absolute atomic E-state index is 0.0102. The van der Waals surface area contributed by atoms with Crippen molar-refractivity contribution in [2.75, 3.05) is 13.1 Å². The van der Waals surface area contributed by atoms with Crippen molar-refractivity contribution >= 4 is 11.8 Å². The first-order valence-corrected chi connectivity index (χ1v) is 5.99. The van der Waals surface area contributed by atoms with Crippen LogP contribution in [-0.2, 0) is 16.1 Å². The van der Waals surface area contributed by atoms with Crippen molar-refractivity contribution in [3.63, 3.8) is 0 Å². The fourth-order valence-electron chi connectivity index (χ4n) is 1.39. The van der Waals surface area contributed by atoms with E-state index in [0.29, 0.717) is 25.9 Å². The lowest BCUT2D eigenvalue weighted by molar-refractivity contribution is -0.126. The molecular formula is C13H19N3O2. The van der Waals surface area contributed by atoms with Crippen LogP contribution < -0.4 is 16.4 Å². The van der Waals surface area contributed by atoms with Gasteiger partial charge >= 0.3 is 0 Å². The minimum Gasteiger partial charge on any atom is -0.350 e. The quantitative estimate of drug-likeness (QED) is 0.643. The molecule has 18 heavy (non-hydrogen) atoms. The molecule has 98 valence electrons. The van der Waals surface area contributed by atoms with Crippen LogP contribution in [0.1, 0.15) is 18.4 Å². The van der Waals surface area contributed by atoms with Crippen LogP contribution in [0.15, 0.2) is 30.3 Å². The number of amides is 2. The van der Waals surface area contributed by atoms with E-state index in [1.807, 2.05) is 30.3 Å². The molecule has 5 heteroatoms. The van der Waals surface area contributed by atoms with E-state index in [1.165, 1.54) is 0 Å². The summed E-state index contributed by atoms with van der Waals surface area (Å²) in [5, 5.41) is 5.28. The van der Waals surface area contributed by atoms with Crippen LogP contribution in [-0.4, -0.2) is 24.9 Å². The van der Waals surface area contributed by atoms with Gasteiger partial charge in [0.15, 0.2) is 0 Å². The Morgan fingerprint density at radius 1 is 1.06 bits per heavy atom. The van der Waals surface area contributed by atoms with Crippen molar-refractivity contribution in [3.8, 4) is 0 Å². The fourth-order valence-corrected chi connectivity index (χ4v) is 1.39. The van der Waals surface area contributed by atoms with Crippen molar-refractivity contribution in [1.82, 2.24) is 10.6 Å². The number of carbonyl (C=O) groups is 2. The molecule has 0 spiro atoms. The van der Waals surface area contributed by atoms with Gasteiger partial charge < -0.3 is 16.4 Å². The van der Waals surface area contributed by atoms with Crippen LogP contribution in [0.3, 0.4) is 0 Å². The second-order valence-electron chi connectivity index (χ2n) is 3.93. The van der Waals surface area contributed by atoms with Crippen LogP contribution in [0.4, 0.5) is 0 Å². The molecule has 0 aliphatic heterocycles. The Kier molecular flexibility index (Phi) is 6.50. The maximum atomic E-state index is 11.4. The summed E-state index contributed by atoms with van der Waals surface area (Å²) in [5.74, 6) is -0.338. The number of hydrogen-bond acceptors (Lipinski definition) is 3. The number of nitrogens with two attached hydrogens (primary N) is 1. The Bertz CT molecular complexity index is 379. The smallest absolute Gasteiger partial charge is 0.239 e. The highest BCUT2D eigenvalue weighted by Gasteiger charge is 2.04. The molecule has 1 aromatic rings. The Morgan fingerprint density at radius 2 is 1.78 bits per heavy atom. The van der Waals surface area contributed by atoms with Crippen LogP contribution in [0.25, 0.3) is 0 Å². The predicted octanol–water partition coefficient (Wildman–Crippen LogP) is 0.158. The summed E-state index contributed by atoms with van der Waals surface area (Å²) in [6.45, 7) is 0.961. The van der Waals surface area contributed by atoms with Gasteiger partial charge in [0.2, 0.25) is 11.8 Å². The Balaban J connectivity index is 2.16. The third-order valence-corrected chi connectivity index (χ3v) is 2.39. The fraction of sp³-hybridized carbons (Fsp3) is 0.385. The molecule has 0 bridgehead atoms. The Labute approximate surface area is 107 Å². The summed E-state index contributed by atoms with van der Waals surface area (Å²) in [4.78, 5) is 22.7. The summed E-state index contributed by atoms with van der Waals surface area (Å²) in [6, 6.07) is 9.61. The molecule has 0 aromatic heterocycles. The van der Waals surface area contributed by atoms with E-state index in [9.17, 15) is 9.59 Å². The van der Waals surface area contributed by atoms with E-state index < -0.39 is 0 Å². The molecule has 1 aromatic carbocycles. The van der Waals surface area contributed by atoms with Gasteiger partial charge in [0.25, 0.3) is 0 Å². The maximum absolute atomic E-state index is 11.4. The summed E-state index contributed by atoms with van der Waals surface area (Å²) < 4.78 is 0. The molecule has 0 aliphatic rings. The lowest BCUT2D eigenvalue weighted by Crippen LogP contribution is -2.36. The highest BCUT2D eigenvalue weighted by molar-refractivity contribution is 5.84. The zero-order valence-electron chi connectivity index (χ0n) is 10.3. The summed E-state index contributed by atoms with van der Waals surface area (Å²) in [5.41, 5.74) is 6.31. The summed E-state index contributed by atoms with van der Waals surface area (Å²) >= 11 is 0. The first-order chi connectivity index (χ1) is 8.72. The number of rotatable bonds is 7. The number of hydrogen-bond donors (Lipinski definition) is 3. The topological polar surface area (TPSA) is 84.2 Å². The van der Waals surface area contributed by atoms with Gasteiger partial charge in [-0.3, -0.25) is 9.59 Å². The molecule has 0 saturated carbocycles. The van der Waals surface area contributed by atoms with Crippen LogP contribution >= 0.6 is 0 Å². The van der Waals surface area contributed by atoms with Gasteiger partial charge in [-0.05, 0) is 18.5 Å². The first kappa shape index (κ1) is 14.2. The Morgan fingerprint density at radius 3 is 2.44 bits per heavy atom. The van der Waals surface area contributed by atoms with E-state index in [0.717, 1.165) is 5.56 Å². The van der Waals surface area contributed by atoms with Gasteiger partial charge in [-0.1, -0.05) is 30.3 Å². The van der Waals surface area contributed by atoms with Gasteiger partial charge in [0.1, 0.15) is 0 Å². The van der Waals surface area contributed by atoms with Gasteiger partial charge in [-0.15, -0.1) is 0 Å². The van der Waals surface area contributed by atoms with Crippen molar-refractivity contribution < 1.29 is 9.59 Å². The monoisotopic (exact) mass is 249 g/mol. The second-order valence-corrected chi connectivity index (χ2v) is 3.93. The van der Waals surface area contributed by atoms with E-state index in [4.69, 9.17) is 5.73 Å². The van der Waals surface area contributed by atoms with Crippen molar-refractivity contribution in [2.45, 2.75) is 19.4 Å². The van der Waals surface area contributed by atoms with E-state index in [2.05, 4.69) is 10.6 Å². The Hall–Kier alpha value is -1.88. The summed E-state index contributed by atoms with van der Waals surface area (Å²) in [7, 11) is 0. The van der Waals surface area contributed by atoms with E-state index in [-0.39, 0.29) is 18.4 Å². The van der Waals surface area contributed by atoms with E-state index >= 15 is 0 Å². The first-order valence-electron chi connectivity index (χ1n) is 5.99.